The number of aromatic nitrogens is 2. The van der Waals surface area contributed by atoms with Crippen molar-refractivity contribution in [1.82, 2.24) is 9.97 Å². The van der Waals surface area contributed by atoms with Gasteiger partial charge in [-0.15, -0.1) is 0 Å². The van der Waals surface area contributed by atoms with Crippen LogP contribution in [0.2, 0.25) is 0 Å². The second-order valence-corrected chi connectivity index (χ2v) is 7.10. The summed E-state index contributed by atoms with van der Waals surface area (Å²) in [7, 11) is 0. The van der Waals surface area contributed by atoms with Gasteiger partial charge in [0.1, 0.15) is 5.41 Å². The van der Waals surface area contributed by atoms with Crippen LogP contribution in [-0.2, 0) is 5.41 Å². The average molecular weight is 385 g/mol. The Hall–Kier alpha value is -3.09. The van der Waals surface area contributed by atoms with Crippen LogP contribution < -0.4 is 5.32 Å². The van der Waals surface area contributed by atoms with E-state index in [4.69, 9.17) is 0 Å². The maximum absolute atomic E-state index is 13.3. The van der Waals surface area contributed by atoms with Crippen molar-refractivity contribution in [3.05, 3.63) is 71.8 Å². The summed E-state index contributed by atoms with van der Waals surface area (Å²) in [6.45, 7) is 1.96. The summed E-state index contributed by atoms with van der Waals surface area (Å²) in [5, 5.41) is 2.76. The minimum Gasteiger partial charge on any atom is -0.363 e. The summed E-state index contributed by atoms with van der Waals surface area (Å²) in [4.78, 5) is 19.2. The van der Waals surface area contributed by atoms with Gasteiger partial charge in [0.15, 0.2) is 0 Å². The number of carbonyl (C=O) groups is 1. The van der Waals surface area contributed by atoms with Gasteiger partial charge >= 0.3 is 6.18 Å². The van der Waals surface area contributed by atoms with Crippen LogP contribution in [0.15, 0.2) is 55.0 Å². The van der Waals surface area contributed by atoms with Crippen molar-refractivity contribution in [2.24, 2.45) is 0 Å². The minimum atomic E-state index is -4.32. The normalized spacial score (nSPS) is 15.3. The highest BCUT2D eigenvalue weighted by Crippen LogP contribution is 2.58. The maximum atomic E-state index is 13.3. The Morgan fingerprint density at radius 2 is 1.86 bits per heavy atom. The molecule has 2 heterocycles. The van der Waals surface area contributed by atoms with E-state index >= 15 is 0 Å². The molecule has 0 saturated heterocycles. The molecule has 1 aromatic carbocycles. The molecule has 2 aromatic heterocycles. The van der Waals surface area contributed by atoms with Crippen molar-refractivity contribution >= 4 is 11.6 Å². The van der Waals surface area contributed by atoms with Gasteiger partial charge in [-0.25, -0.2) is 0 Å². The summed E-state index contributed by atoms with van der Waals surface area (Å²) >= 11 is 0. The number of benzene rings is 1. The Bertz CT molecular complexity index is 1020. The zero-order valence-corrected chi connectivity index (χ0v) is 15.1. The molecule has 1 aliphatic rings. The van der Waals surface area contributed by atoms with Crippen molar-refractivity contribution in [3.8, 4) is 11.1 Å². The Labute approximate surface area is 159 Å². The van der Waals surface area contributed by atoms with E-state index in [1.807, 2.05) is 31.2 Å². The van der Waals surface area contributed by atoms with Gasteiger partial charge in [-0.1, -0.05) is 6.07 Å². The van der Waals surface area contributed by atoms with Gasteiger partial charge in [0.2, 0.25) is 0 Å². The second-order valence-electron chi connectivity index (χ2n) is 7.10. The molecule has 2 N–H and O–H groups in total. The van der Waals surface area contributed by atoms with E-state index in [9.17, 15) is 18.0 Å². The zero-order chi connectivity index (χ0) is 19.9. The van der Waals surface area contributed by atoms with E-state index in [0.29, 0.717) is 5.69 Å². The Kier molecular flexibility index (Phi) is 4.25. The number of nitrogens with one attached hydrogen (secondary N) is 2. The molecule has 4 nitrogen and oxygen atoms in total. The molecule has 0 bridgehead atoms. The van der Waals surface area contributed by atoms with Crippen molar-refractivity contribution in [2.45, 2.75) is 31.4 Å². The number of pyridine rings is 1. The maximum Gasteiger partial charge on any atom is 0.399 e. The predicted octanol–water partition coefficient (Wildman–Crippen LogP) is 5.23. The highest BCUT2D eigenvalue weighted by Gasteiger charge is 2.65. The molecule has 7 heteroatoms. The van der Waals surface area contributed by atoms with E-state index in [-0.39, 0.29) is 24.1 Å². The number of hydrogen-bond donors (Lipinski definition) is 2. The number of H-pyrrole nitrogens is 1. The van der Waals surface area contributed by atoms with Crippen LogP contribution in [0.4, 0.5) is 18.9 Å². The summed E-state index contributed by atoms with van der Waals surface area (Å²) in [6.07, 6.45) is 0.485. The number of rotatable bonds is 4. The average Bonchev–Trinajstić information content (AvgIpc) is 3.35. The lowest BCUT2D eigenvalue weighted by atomic mass is 10.0. The van der Waals surface area contributed by atoms with E-state index < -0.39 is 17.5 Å². The fraction of sp³-hybridized carbons (Fsp3) is 0.238. The molecule has 1 aliphatic carbocycles. The number of aryl methyl sites for hydroxylation is 1. The first kappa shape index (κ1) is 18.3. The molecule has 0 radical (unpaired) electrons. The number of alkyl halides is 3. The number of nitrogens with zero attached hydrogens (tertiary/aromatic N) is 1. The first-order valence-corrected chi connectivity index (χ1v) is 8.88. The fourth-order valence-electron chi connectivity index (χ4n) is 3.38. The second kappa shape index (κ2) is 6.51. The summed E-state index contributed by atoms with van der Waals surface area (Å²) in [5.41, 5.74) is 1.92. The fourth-order valence-corrected chi connectivity index (χ4v) is 3.38. The van der Waals surface area contributed by atoms with Crippen LogP contribution >= 0.6 is 0 Å². The van der Waals surface area contributed by atoms with Gasteiger partial charge in [-0.3, -0.25) is 9.78 Å². The number of anilines is 1. The number of hydrogen-bond acceptors (Lipinski definition) is 2. The van der Waals surface area contributed by atoms with Crippen molar-refractivity contribution in [3.63, 3.8) is 0 Å². The van der Waals surface area contributed by atoms with Crippen LogP contribution in [0.1, 0.15) is 34.5 Å². The SMILES string of the molecule is Cc1ccc(NC(=O)c2c[nH]c(C3(C(F)(F)F)CC3)c2)cc1-c1ccncc1. The Morgan fingerprint density at radius 3 is 2.50 bits per heavy atom. The number of aromatic amines is 1. The van der Waals surface area contributed by atoms with Crippen molar-refractivity contribution < 1.29 is 18.0 Å². The van der Waals surface area contributed by atoms with E-state index in [0.717, 1.165) is 16.7 Å². The molecule has 1 amide bonds. The molecule has 28 heavy (non-hydrogen) atoms. The summed E-state index contributed by atoms with van der Waals surface area (Å²) < 4.78 is 39.8. The first-order valence-electron chi connectivity index (χ1n) is 8.88. The van der Waals surface area contributed by atoms with Gasteiger partial charge in [-0.05, 0) is 66.8 Å². The molecule has 0 unspecified atom stereocenters. The lowest BCUT2D eigenvalue weighted by Gasteiger charge is -2.17. The van der Waals surface area contributed by atoms with Crippen LogP contribution in [0.25, 0.3) is 11.1 Å². The molecule has 4 rings (SSSR count). The molecule has 144 valence electrons. The molecule has 0 atom stereocenters. The van der Waals surface area contributed by atoms with Gasteiger partial charge in [0.05, 0.1) is 5.56 Å². The summed E-state index contributed by atoms with van der Waals surface area (Å²) in [5.74, 6) is -0.454. The molecular formula is C21H18F3N3O. The predicted molar refractivity (Wildman–Crippen MR) is 100 cm³/mol. The summed E-state index contributed by atoms with van der Waals surface area (Å²) in [6, 6.07) is 10.5. The van der Waals surface area contributed by atoms with Crippen LogP contribution in [0.3, 0.4) is 0 Å². The third kappa shape index (κ3) is 3.17. The van der Waals surface area contributed by atoms with E-state index in [1.54, 1.807) is 18.5 Å². The molecule has 0 spiro atoms. The Balaban J connectivity index is 1.55. The number of amides is 1. The number of carbonyl (C=O) groups excluding carboxylic acids is 1. The lowest BCUT2D eigenvalue weighted by Crippen LogP contribution is -2.28. The van der Waals surface area contributed by atoms with E-state index in [1.165, 1.54) is 12.3 Å². The largest absolute Gasteiger partial charge is 0.399 e. The third-order valence-electron chi connectivity index (χ3n) is 5.24. The Morgan fingerprint density at radius 1 is 1.14 bits per heavy atom. The van der Waals surface area contributed by atoms with Crippen molar-refractivity contribution in [1.29, 1.82) is 0 Å². The first-order chi connectivity index (χ1) is 13.3. The monoisotopic (exact) mass is 385 g/mol. The topological polar surface area (TPSA) is 57.8 Å². The highest BCUT2D eigenvalue weighted by molar-refractivity contribution is 6.04. The van der Waals surface area contributed by atoms with E-state index in [2.05, 4.69) is 15.3 Å². The number of halogens is 3. The third-order valence-corrected chi connectivity index (χ3v) is 5.24. The lowest BCUT2D eigenvalue weighted by molar-refractivity contribution is -0.161. The van der Waals surface area contributed by atoms with Gasteiger partial charge in [0.25, 0.3) is 5.91 Å². The highest BCUT2D eigenvalue weighted by atomic mass is 19.4. The minimum absolute atomic E-state index is 0.0470. The molecule has 3 aromatic rings. The standard InChI is InChI=1S/C21H18F3N3O/c1-13-2-3-16(11-17(13)14-4-8-25-9-5-14)27-19(28)15-10-18(26-12-15)20(6-7-20)21(22,23)24/h2-5,8-12,26H,6-7H2,1H3,(H,27,28). The van der Waals surface area contributed by atoms with Crippen LogP contribution in [0.5, 0.6) is 0 Å². The van der Waals surface area contributed by atoms with Crippen molar-refractivity contribution in [2.75, 3.05) is 5.32 Å². The molecule has 1 saturated carbocycles. The zero-order valence-electron chi connectivity index (χ0n) is 15.1. The van der Waals surface area contributed by atoms with Gasteiger partial charge in [-0.2, -0.15) is 13.2 Å². The quantitative estimate of drug-likeness (QED) is 0.646. The van der Waals surface area contributed by atoms with Gasteiger partial charge < -0.3 is 10.3 Å². The van der Waals surface area contributed by atoms with Crippen LogP contribution in [0, 0.1) is 6.92 Å². The van der Waals surface area contributed by atoms with Crippen LogP contribution in [-0.4, -0.2) is 22.1 Å². The smallest absolute Gasteiger partial charge is 0.363 e. The molecular weight excluding hydrogens is 367 g/mol. The van der Waals surface area contributed by atoms with Gasteiger partial charge in [0, 0.05) is 30.0 Å². The molecule has 0 aliphatic heterocycles. The molecule has 1 fully saturated rings.